The number of furan rings is 2. The number of nitrogens with one attached hydrogen (secondary N) is 2. The van der Waals surface area contributed by atoms with Gasteiger partial charge in [-0.3, -0.25) is 37.6 Å². The van der Waals surface area contributed by atoms with E-state index in [2.05, 4.69) is 10.6 Å². The number of halogens is 2. The Kier molecular flexibility index (Phi) is 17.7. The zero-order valence-corrected chi connectivity index (χ0v) is 43.4. The Morgan fingerprint density at radius 2 is 1.03 bits per heavy atom. The normalized spacial score (nSPS) is 18.0. The van der Waals surface area contributed by atoms with Crippen molar-refractivity contribution < 1.29 is 87.8 Å². The first-order chi connectivity index (χ1) is 33.4. The molecule has 2 amide bonds. The summed E-state index contributed by atoms with van der Waals surface area (Å²) in [5.74, 6) is -3.08. The molecule has 4 aromatic carbocycles. The number of anilines is 2. The van der Waals surface area contributed by atoms with Crippen LogP contribution < -0.4 is 38.1 Å². The second kappa shape index (κ2) is 22.4. The molecule has 0 spiro atoms. The van der Waals surface area contributed by atoms with E-state index in [1.807, 2.05) is 4.90 Å². The number of sulfonamides is 2. The molecule has 4 heterocycles. The van der Waals surface area contributed by atoms with Gasteiger partial charge in [-0.15, -0.1) is 0 Å². The molecule has 73 heavy (non-hydrogen) atoms. The van der Waals surface area contributed by atoms with Crippen LogP contribution in [-0.4, -0.2) is 148 Å². The molecule has 0 aliphatic carbocycles. The van der Waals surface area contributed by atoms with Crippen molar-refractivity contribution in [3.05, 3.63) is 107 Å². The Bertz CT molecular complexity index is 3300. The number of likely N-dealkylation sites (N-methyl/N-ethyl adjacent to an activating group) is 2. The molecule has 0 bridgehead atoms. The van der Waals surface area contributed by atoms with Gasteiger partial charge >= 0.3 is 30.8 Å². The summed E-state index contributed by atoms with van der Waals surface area (Å²) in [4.78, 5) is 53.5. The van der Waals surface area contributed by atoms with E-state index in [9.17, 15) is 49.9 Å². The van der Waals surface area contributed by atoms with Crippen molar-refractivity contribution in [2.24, 2.45) is 0 Å². The van der Waals surface area contributed by atoms with E-state index in [-0.39, 0.29) is 76.8 Å². The number of benzene rings is 4. The molecule has 4 atom stereocenters. The van der Waals surface area contributed by atoms with Crippen LogP contribution in [0.4, 0.5) is 20.2 Å². The van der Waals surface area contributed by atoms with Crippen molar-refractivity contribution in [1.82, 2.24) is 20.4 Å². The van der Waals surface area contributed by atoms with Crippen LogP contribution in [0.1, 0.15) is 56.5 Å². The SMILES string of the molecule is CNC(=O)c1c(-c2ccc(F)cc2)oc2cc(N(C)S(C)(=O)=O)c(C3C[C@@H](C(=O)O)N(C)C3)cc12.CNC(=O)c1c(-c2ccc(F)cc2)oc2cc(N(C)S(C)(=O)=O)c(C3C[C@@H](C(=O)OC)N(C)C3)cc12.[Li+].[OH-]. The van der Waals surface area contributed by atoms with Gasteiger partial charge in [0.2, 0.25) is 20.0 Å². The molecule has 6 aromatic rings. The van der Waals surface area contributed by atoms with Crippen LogP contribution in [0.15, 0.2) is 81.6 Å². The van der Waals surface area contributed by atoms with Crippen LogP contribution in [0, 0.1) is 11.6 Å². The Hall–Kier alpha value is -6.32. The predicted molar refractivity (Wildman–Crippen MR) is 266 cm³/mol. The Morgan fingerprint density at radius 1 is 0.671 bits per heavy atom. The van der Waals surface area contributed by atoms with Crippen molar-refractivity contribution >= 4 is 77.1 Å². The predicted octanol–water partition coefficient (Wildman–Crippen LogP) is 2.65. The number of amides is 2. The first kappa shape index (κ1) is 57.6. The summed E-state index contributed by atoms with van der Waals surface area (Å²) in [6.07, 6.45) is 2.86. The van der Waals surface area contributed by atoms with Gasteiger partial charge in [0.1, 0.15) is 46.4 Å². The molecule has 2 saturated heterocycles. The topological polar surface area (TPSA) is 259 Å². The van der Waals surface area contributed by atoms with Crippen LogP contribution in [0.3, 0.4) is 0 Å². The number of nitrogens with zero attached hydrogens (tertiary/aromatic N) is 4. The maximum atomic E-state index is 13.5. The van der Waals surface area contributed by atoms with Gasteiger partial charge in [0.25, 0.3) is 11.8 Å². The number of aliphatic carboxylic acids is 1. The first-order valence-electron chi connectivity index (χ1n) is 22.1. The quantitative estimate of drug-likeness (QED) is 0.118. The molecule has 19 nitrogen and oxygen atoms in total. The van der Waals surface area contributed by atoms with E-state index in [1.165, 1.54) is 83.8 Å². The van der Waals surface area contributed by atoms with Crippen molar-refractivity contribution in [2.75, 3.05) is 83.6 Å². The summed E-state index contributed by atoms with van der Waals surface area (Å²) < 4.78 is 96.3. The van der Waals surface area contributed by atoms with Crippen molar-refractivity contribution in [3.63, 3.8) is 0 Å². The molecular formula is C49H55F2LiN6O13S2. The number of carbonyl (C=O) groups is 4. The number of carboxylic acids is 1. The third-order valence-electron chi connectivity index (χ3n) is 13.2. The van der Waals surface area contributed by atoms with E-state index in [1.54, 1.807) is 43.3 Å². The standard InChI is InChI=1S/C25H28FN3O6S.C24H26FN3O6S.Li.H2O/c1-27-24(30)22-18-11-17(15-10-20(25(31)34-4)28(2)13-15)19(29(3)36(5,32)33)12-21(18)35-23(22)14-6-8-16(26)9-7-14;1-26-23(29)21-17-10-16(14-9-19(24(30)31)27(2)12-14)18(28(3)35(4,32)33)11-20(17)34-22(21)13-5-7-15(25)8-6-13;;/h6-9,11-12,15,20H,10,13H2,1-5H3,(H,27,30);5-8,10-11,14,19H,9,12H2,1-4H3,(H,26,29)(H,30,31);;1H2/q;;+1;/p-1/t15?,20-;14?,19-;;/m00../s1. The summed E-state index contributed by atoms with van der Waals surface area (Å²) in [7, 11) is 3.37. The molecule has 0 saturated carbocycles. The molecule has 24 heteroatoms. The zero-order chi connectivity index (χ0) is 52.0. The number of hydrogen-bond donors (Lipinski definition) is 3. The molecule has 2 unspecified atom stereocenters. The van der Waals surface area contributed by atoms with Crippen LogP contribution in [0.2, 0.25) is 0 Å². The van der Waals surface area contributed by atoms with Crippen molar-refractivity contribution in [3.8, 4) is 22.6 Å². The molecule has 386 valence electrons. The minimum atomic E-state index is -3.66. The summed E-state index contributed by atoms with van der Waals surface area (Å²) in [6, 6.07) is 16.5. The third-order valence-corrected chi connectivity index (χ3v) is 15.6. The Labute approximate surface area is 433 Å². The number of likely N-dealkylation sites (tertiary alicyclic amines) is 2. The van der Waals surface area contributed by atoms with Gasteiger partial charge in [0, 0.05) is 87.1 Å². The summed E-state index contributed by atoms with van der Waals surface area (Å²) in [5, 5.41) is 15.7. The molecule has 4 N–H and O–H groups in total. The smallest absolute Gasteiger partial charge is 0.870 e. The maximum Gasteiger partial charge on any atom is 1.00 e. The molecule has 8 rings (SSSR count). The first-order valence-corrected chi connectivity index (χ1v) is 25.8. The molecule has 2 aromatic heterocycles. The number of methoxy groups -OCH3 is 1. The summed E-state index contributed by atoms with van der Waals surface area (Å²) in [6.45, 7) is 0.874. The van der Waals surface area contributed by atoms with Gasteiger partial charge in [-0.2, -0.15) is 0 Å². The van der Waals surface area contributed by atoms with Crippen molar-refractivity contribution in [1.29, 1.82) is 0 Å². The average Bonchev–Trinajstić information content (AvgIpc) is 4.11. The minimum Gasteiger partial charge on any atom is -0.870 e. The number of hydrogen-bond acceptors (Lipinski definition) is 14. The zero-order valence-electron chi connectivity index (χ0n) is 41.8. The van der Waals surface area contributed by atoms with E-state index >= 15 is 0 Å². The van der Waals surface area contributed by atoms with Crippen LogP contribution in [0.25, 0.3) is 44.6 Å². The van der Waals surface area contributed by atoms with Crippen molar-refractivity contribution in [2.45, 2.75) is 36.8 Å². The second-order valence-electron chi connectivity index (χ2n) is 17.7. The number of esters is 1. The van der Waals surface area contributed by atoms with Gasteiger partial charge in [-0.05, 0) is 98.7 Å². The fourth-order valence-electron chi connectivity index (χ4n) is 9.31. The fraction of sp³-hybridized carbons (Fsp3) is 0.347. The number of rotatable bonds is 12. The number of carboxylic acid groups (broad SMARTS) is 1. The van der Waals surface area contributed by atoms with Gasteiger partial charge in [-0.25, -0.2) is 25.6 Å². The molecule has 2 aliphatic heterocycles. The second-order valence-corrected chi connectivity index (χ2v) is 21.7. The van der Waals surface area contributed by atoms with Crippen LogP contribution >= 0.6 is 0 Å². The van der Waals surface area contributed by atoms with E-state index in [0.717, 1.165) is 21.1 Å². The Morgan fingerprint density at radius 3 is 1.34 bits per heavy atom. The molecule has 2 aliphatic rings. The van der Waals surface area contributed by atoms with Gasteiger partial charge in [0.15, 0.2) is 0 Å². The van der Waals surface area contributed by atoms with Crippen LogP contribution in [-0.2, 0) is 34.4 Å². The summed E-state index contributed by atoms with van der Waals surface area (Å²) >= 11 is 0. The summed E-state index contributed by atoms with van der Waals surface area (Å²) in [5.41, 5.74) is 4.02. The minimum absolute atomic E-state index is 0. The van der Waals surface area contributed by atoms with Gasteiger partial charge in [-0.1, -0.05) is 0 Å². The third kappa shape index (κ3) is 11.6. The van der Waals surface area contributed by atoms with E-state index in [0.29, 0.717) is 69.5 Å². The number of carbonyl (C=O) groups excluding carboxylic acids is 3. The maximum absolute atomic E-state index is 13.5. The number of ether oxygens (including phenoxy) is 1. The van der Waals surface area contributed by atoms with Gasteiger partial charge < -0.3 is 34.8 Å². The van der Waals surface area contributed by atoms with Crippen LogP contribution in [0.5, 0.6) is 0 Å². The number of fused-ring (bicyclic) bond motifs is 2. The van der Waals surface area contributed by atoms with E-state index in [4.69, 9.17) is 13.6 Å². The van der Waals surface area contributed by atoms with E-state index < -0.39 is 61.5 Å². The monoisotopic (exact) mass is 1040 g/mol. The molecule has 0 radical (unpaired) electrons. The molecular weight excluding hydrogens is 990 g/mol. The van der Waals surface area contributed by atoms with Gasteiger partial charge in [0.05, 0.1) is 42.1 Å². The fourth-order valence-corrected chi connectivity index (χ4v) is 10.3. The molecule has 2 fully saturated rings. The average molecular weight is 1050 g/mol. The Balaban J connectivity index is 0.000000264. The largest absolute Gasteiger partial charge is 1.00 e.